The SMILES string of the molecule is CN(C)S(=O)(=O)c1ccc(NCCn2ccnn2)c(N)c1. The van der Waals surface area contributed by atoms with Crippen LogP contribution in [0, 0.1) is 0 Å². The van der Waals surface area contributed by atoms with Crippen LogP contribution in [0.4, 0.5) is 11.4 Å². The Labute approximate surface area is 123 Å². The van der Waals surface area contributed by atoms with Crippen LogP contribution in [-0.2, 0) is 16.6 Å². The number of aromatic nitrogens is 3. The molecule has 8 nitrogen and oxygen atoms in total. The molecule has 0 fully saturated rings. The first-order valence-corrected chi connectivity index (χ1v) is 7.75. The molecule has 3 N–H and O–H groups in total. The fourth-order valence-corrected chi connectivity index (χ4v) is 2.67. The van der Waals surface area contributed by atoms with E-state index in [0.29, 0.717) is 24.5 Å². The van der Waals surface area contributed by atoms with Gasteiger partial charge in [-0.3, -0.25) is 4.68 Å². The van der Waals surface area contributed by atoms with E-state index in [-0.39, 0.29) is 4.90 Å². The van der Waals surface area contributed by atoms with Crippen molar-refractivity contribution in [3.8, 4) is 0 Å². The Balaban J connectivity index is 2.06. The average Bonchev–Trinajstić information content (AvgIpc) is 2.93. The molecule has 2 aromatic rings. The van der Waals surface area contributed by atoms with Gasteiger partial charge in [-0.05, 0) is 18.2 Å². The van der Waals surface area contributed by atoms with Crippen LogP contribution >= 0.6 is 0 Å². The molecular formula is C12H18N6O2S. The van der Waals surface area contributed by atoms with Crippen molar-refractivity contribution in [3.63, 3.8) is 0 Å². The van der Waals surface area contributed by atoms with E-state index >= 15 is 0 Å². The molecule has 2 rings (SSSR count). The Morgan fingerprint density at radius 2 is 2.14 bits per heavy atom. The van der Waals surface area contributed by atoms with E-state index < -0.39 is 10.0 Å². The molecule has 114 valence electrons. The van der Waals surface area contributed by atoms with E-state index in [1.165, 1.54) is 26.2 Å². The highest BCUT2D eigenvalue weighted by Crippen LogP contribution is 2.23. The maximum absolute atomic E-state index is 12.0. The summed E-state index contributed by atoms with van der Waals surface area (Å²) in [6.07, 6.45) is 3.37. The fraction of sp³-hybridized carbons (Fsp3) is 0.333. The summed E-state index contributed by atoms with van der Waals surface area (Å²) in [4.78, 5) is 0.173. The van der Waals surface area contributed by atoms with Gasteiger partial charge in [0.1, 0.15) is 0 Å². The molecule has 0 bridgehead atoms. The number of nitrogens with one attached hydrogen (secondary N) is 1. The van der Waals surface area contributed by atoms with Gasteiger partial charge in [-0.1, -0.05) is 5.21 Å². The van der Waals surface area contributed by atoms with E-state index in [0.717, 1.165) is 4.31 Å². The van der Waals surface area contributed by atoms with E-state index in [1.54, 1.807) is 23.1 Å². The van der Waals surface area contributed by atoms with Gasteiger partial charge in [-0.25, -0.2) is 12.7 Å². The molecular weight excluding hydrogens is 292 g/mol. The van der Waals surface area contributed by atoms with E-state index in [2.05, 4.69) is 15.6 Å². The Morgan fingerprint density at radius 3 is 2.71 bits per heavy atom. The summed E-state index contributed by atoms with van der Waals surface area (Å²) in [7, 11) is -0.505. The number of anilines is 2. The molecule has 0 radical (unpaired) electrons. The third kappa shape index (κ3) is 3.50. The molecule has 0 atom stereocenters. The normalized spacial score (nSPS) is 11.8. The highest BCUT2D eigenvalue weighted by Gasteiger charge is 2.17. The average molecular weight is 310 g/mol. The number of hydrogen-bond donors (Lipinski definition) is 2. The van der Waals surface area contributed by atoms with E-state index in [4.69, 9.17) is 5.73 Å². The van der Waals surface area contributed by atoms with E-state index in [1.807, 2.05) is 0 Å². The molecule has 0 saturated carbocycles. The molecule has 0 unspecified atom stereocenters. The zero-order valence-electron chi connectivity index (χ0n) is 11.9. The first-order chi connectivity index (χ1) is 9.91. The van der Waals surface area contributed by atoms with E-state index in [9.17, 15) is 8.42 Å². The minimum Gasteiger partial charge on any atom is -0.397 e. The van der Waals surface area contributed by atoms with Crippen molar-refractivity contribution in [1.82, 2.24) is 19.3 Å². The predicted octanol–water partition coefficient (Wildman–Crippen LogP) is 0.223. The van der Waals surface area contributed by atoms with Crippen molar-refractivity contribution < 1.29 is 8.42 Å². The van der Waals surface area contributed by atoms with Gasteiger partial charge in [0, 0.05) is 26.8 Å². The van der Waals surface area contributed by atoms with Gasteiger partial charge in [-0.2, -0.15) is 0 Å². The number of benzene rings is 1. The number of sulfonamides is 1. The van der Waals surface area contributed by atoms with Crippen molar-refractivity contribution in [2.45, 2.75) is 11.4 Å². The third-order valence-electron chi connectivity index (χ3n) is 2.93. The zero-order valence-corrected chi connectivity index (χ0v) is 12.7. The molecule has 9 heteroatoms. The van der Waals surface area contributed by atoms with Gasteiger partial charge < -0.3 is 11.1 Å². The second-order valence-electron chi connectivity index (χ2n) is 4.63. The van der Waals surface area contributed by atoms with Crippen LogP contribution in [0.15, 0.2) is 35.5 Å². The number of nitrogens with zero attached hydrogens (tertiary/aromatic N) is 4. The lowest BCUT2D eigenvalue weighted by molar-refractivity contribution is 0.521. The summed E-state index contributed by atoms with van der Waals surface area (Å²) in [6.45, 7) is 1.24. The lowest BCUT2D eigenvalue weighted by Crippen LogP contribution is -2.22. The number of nitrogens with two attached hydrogens (primary N) is 1. The molecule has 1 aromatic heterocycles. The maximum Gasteiger partial charge on any atom is 0.242 e. The van der Waals surface area contributed by atoms with Crippen LogP contribution in [0.5, 0.6) is 0 Å². The molecule has 0 amide bonds. The summed E-state index contributed by atoms with van der Waals surface area (Å²) >= 11 is 0. The number of nitrogen functional groups attached to an aromatic ring is 1. The molecule has 21 heavy (non-hydrogen) atoms. The van der Waals surface area contributed by atoms with Gasteiger partial charge in [0.2, 0.25) is 10.0 Å². The van der Waals surface area contributed by atoms with Crippen LogP contribution in [0.25, 0.3) is 0 Å². The number of hydrogen-bond acceptors (Lipinski definition) is 6. The Morgan fingerprint density at radius 1 is 1.38 bits per heavy atom. The fourth-order valence-electron chi connectivity index (χ4n) is 1.73. The van der Waals surface area contributed by atoms with Gasteiger partial charge in [-0.15, -0.1) is 5.10 Å². The first kappa shape index (κ1) is 15.3. The molecule has 0 aliphatic heterocycles. The summed E-state index contributed by atoms with van der Waals surface area (Å²) in [5.41, 5.74) is 6.97. The number of rotatable bonds is 6. The topological polar surface area (TPSA) is 106 Å². The minimum atomic E-state index is -3.47. The Kier molecular flexibility index (Phi) is 4.43. The molecule has 0 aliphatic carbocycles. The van der Waals surface area contributed by atoms with Gasteiger partial charge >= 0.3 is 0 Å². The van der Waals surface area contributed by atoms with Crippen molar-refractivity contribution >= 4 is 21.4 Å². The molecule has 1 aromatic carbocycles. The summed E-state index contributed by atoms with van der Waals surface area (Å²) in [5, 5.41) is 10.7. The van der Waals surface area contributed by atoms with Gasteiger partial charge in [0.25, 0.3) is 0 Å². The van der Waals surface area contributed by atoms with Crippen LogP contribution in [0.1, 0.15) is 0 Å². The van der Waals surface area contributed by atoms with Crippen LogP contribution < -0.4 is 11.1 Å². The van der Waals surface area contributed by atoms with Gasteiger partial charge in [0.05, 0.1) is 29.0 Å². The van der Waals surface area contributed by atoms with Crippen molar-refractivity contribution in [2.24, 2.45) is 0 Å². The lowest BCUT2D eigenvalue weighted by atomic mass is 10.2. The summed E-state index contributed by atoms with van der Waals surface area (Å²) in [6, 6.07) is 4.64. The Hall–Kier alpha value is -2.13. The third-order valence-corrected chi connectivity index (χ3v) is 4.74. The molecule has 1 heterocycles. The maximum atomic E-state index is 12.0. The summed E-state index contributed by atoms with van der Waals surface area (Å²) < 4.78 is 26.8. The van der Waals surface area contributed by atoms with Crippen molar-refractivity contribution in [1.29, 1.82) is 0 Å². The second-order valence-corrected chi connectivity index (χ2v) is 6.78. The van der Waals surface area contributed by atoms with Crippen LogP contribution in [0.3, 0.4) is 0 Å². The quantitative estimate of drug-likeness (QED) is 0.739. The highest BCUT2D eigenvalue weighted by molar-refractivity contribution is 7.89. The highest BCUT2D eigenvalue weighted by atomic mass is 32.2. The second kappa shape index (κ2) is 6.10. The van der Waals surface area contributed by atoms with Crippen LogP contribution in [-0.4, -0.2) is 48.4 Å². The summed E-state index contributed by atoms with van der Waals surface area (Å²) in [5.74, 6) is 0. The van der Waals surface area contributed by atoms with Crippen LogP contribution in [0.2, 0.25) is 0 Å². The zero-order chi connectivity index (χ0) is 15.5. The molecule has 0 spiro atoms. The van der Waals surface area contributed by atoms with Gasteiger partial charge in [0.15, 0.2) is 0 Å². The predicted molar refractivity (Wildman–Crippen MR) is 80.2 cm³/mol. The van der Waals surface area contributed by atoms with Crippen molar-refractivity contribution in [3.05, 3.63) is 30.6 Å². The smallest absolute Gasteiger partial charge is 0.242 e. The monoisotopic (exact) mass is 310 g/mol. The van der Waals surface area contributed by atoms with Crippen molar-refractivity contribution in [2.75, 3.05) is 31.7 Å². The molecule has 0 saturated heterocycles. The largest absolute Gasteiger partial charge is 0.397 e. The minimum absolute atomic E-state index is 0.173. The first-order valence-electron chi connectivity index (χ1n) is 6.31. The molecule has 0 aliphatic rings. The Bertz CT molecular complexity index is 697. The standard InChI is InChI=1S/C12H18N6O2S/c1-17(2)21(19,20)10-3-4-12(11(13)9-10)14-5-7-18-8-6-15-16-18/h3-4,6,8-9,14H,5,7,13H2,1-2H3. The lowest BCUT2D eigenvalue weighted by Gasteiger charge is -2.14.